The molecule has 3 aliphatic carbocycles. The maximum Gasteiger partial charge on any atom is 0.410 e. The molecule has 0 atom stereocenters. The molecule has 0 radical (unpaired) electrons. The third kappa shape index (κ3) is 1.70. The van der Waals surface area contributed by atoms with E-state index in [0.717, 1.165) is 11.5 Å². The summed E-state index contributed by atoms with van der Waals surface area (Å²) in [5, 5.41) is 0. The molecule has 1 aromatic carbocycles. The van der Waals surface area contributed by atoms with Crippen LogP contribution in [0.25, 0.3) is 0 Å². The first-order chi connectivity index (χ1) is 8.20. The van der Waals surface area contributed by atoms with Gasteiger partial charge in [0, 0.05) is 12.6 Å². The van der Waals surface area contributed by atoms with E-state index in [0.29, 0.717) is 6.61 Å². The van der Waals surface area contributed by atoms with Crippen LogP contribution >= 0.6 is 0 Å². The Bertz CT molecular complexity index is 412. The van der Waals surface area contributed by atoms with Gasteiger partial charge >= 0.3 is 6.09 Å². The molecule has 0 aliphatic heterocycles. The molecule has 1 aromatic rings. The Labute approximate surface area is 101 Å². The third-order valence-corrected chi connectivity index (χ3v) is 4.20. The number of nitrogens with zero attached hydrogens (tertiary/aromatic N) is 1. The van der Waals surface area contributed by atoms with Gasteiger partial charge in [-0.05, 0) is 30.7 Å². The monoisotopic (exact) mass is 231 g/mol. The van der Waals surface area contributed by atoms with Crippen molar-refractivity contribution in [2.45, 2.75) is 31.4 Å². The smallest absolute Gasteiger partial charge is 0.410 e. The lowest BCUT2D eigenvalue weighted by Gasteiger charge is -2.64. The quantitative estimate of drug-likeness (QED) is 0.800. The highest BCUT2D eigenvalue weighted by Crippen LogP contribution is 2.60. The lowest BCUT2D eigenvalue weighted by molar-refractivity contribution is -0.122. The highest BCUT2D eigenvalue weighted by molar-refractivity contribution is 5.69. The van der Waals surface area contributed by atoms with Gasteiger partial charge in [0.15, 0.2) is 0 Å². The second kappa shape index (κ2) is 3.76. The number of rotatable bonds is 3. The van der Waals surface area contributed by atoms with Crippen LogP contribution < -0.4 is 0 Å². The minimum Gasteiger partial charge on any atom is -0.445 e. The van der Waals surface area contributed by atoms with Gasteiger partial charge < -0.3 is 9.64 Å². The first-order valence-electron chi connectivity index (χ1n) is 6.14. The van der Waals surface area contributed by atoms with Crippen LogP contribution in [0.1, 0.15) is 24.8 Å². The Kier molecular flexibility index (Phi) is 2.35. The van der Waals surface area contributed by atoms with Crippen LogP contribution in [0.5, 0.6) is 0 Å². The Balaban J connectivity index is 1.53. The first-order valence-corrected chi connectivity index (χ1v) is 6.14. The SMILES string of the molecule is CN(C(=O)OCc1ccccc1)C12CC(C1)C2. The topological polar surface area (TPSA) is 29.5 Å². The van der Waals surface area contributed by atoms with Crippen LogP contribution in [0.15, 0.2) is 30.3 Å². The minimum absolute atomic E-state index is 0.151. The van der Waals surface area contributed by atoms with E-state index in [-0.39, 0.29) is 11.6 Å². The molecule has 2 bridgehead atoms. The molecule has 0 unspecified atom stereocenters. The van der Waals surface area contributed by atoms with Crippen LogP contribution in [-0.2, 0) is 11.3 Å². The molecule has 17 heavy (non-hydrogen) atoms. The molecule has 0 saturated heterocycles. The largest absolute Gasteiger partial charge is 0.445 e. The van der Waals surface area contributed by atoms with Gasteiger partial charge in [-0.3, -0.25) is 0 Å². The van der Waals surface area contributed by atoms with Crippen molar-refractivity contribution in [3.63, 3.8) is 0 Å². The summed E-state index contributed by atoms with van der Waals surface area (Å²) in [6, 6.07) is 9.80. The van der Waals surface area contributed by atoms with Gasteiger partial charge in [-0.2, -0.15) is 0 Å². The van der Waals surface area contributed by atoms with Gasteiger partial charge in [-0.1, -0.05) is 30.3 Å². The summed E-state index contributed by atoms with van der Waals surface area (Å²) < 4.78 is 5.32. The fraction of sp³-hybridized carbons (Fsp3) is 0.500. The van der Waals surface area contributed by atoms with Gasteiger partial charge in [0.05, 0.1) is 0 Å². The molecule has 3 nitrogen and oxygen atoms in total. The van der Waals surface area contributed by atoms with E-state index in [4.69, 9.17) is 4.74 Å². The first kappa shape index (κ1) is 10.6. The lowest BCUT2D eigenvalue weighted by atomic mass is 9.49. The summed E-state index contributed by atoms with van der Waals surface area (Å²) in [5.41, 5.74) is 1.19. The number of carbonyl (C=O) groups excluding carboxylic acids is 1. The van der Waals surface area contributed by atoms with E-state index in [1.54, 1.807) is 4.90 Å². The van der Waals surface area contributed by atoms with Gasteiger partial charge in [0.25, 0.3) is 0 Å². The third-order valence-electron chi connectivity index (χ3n) is 4.20. The molecule has 3 aliphatic rings. The van der Waals surface area contributed by atoms with E-state index in [1.165, 1.54) is 19.3 Å². The van der Waals surface area contributed by atoms with Gasteiger partial charge in [0.2, 0.25) is 0 Å². The number of carbonyl (C=O) groups is 1. The highest BCUT2D eigenvalue weighted by atomic mass is 16.6. The predicted molar refractivity (Wildman–Crippen MR) is 64.5 cm³/mol. The molecular formula is C14H17NO2. The molecule has 3 saturated carbocycles. The summed E-state index contributed by atoms with van der Waals surface area (Å²) in [5.74, 6) is 0.874. The molecule has 0 N–H and O–H groups in total. The molecule has 3 heteroatoms. The summed E-state index contributed by atoms with van der Waals surface area (Å²) in [6.45, 7) is 0.365. The average molecular weight is 231 g/mol. The van der Waals surface area contributed by atoms with Gasteiger partial charge in [-0.25, -0.2) is 4.79 Å². The Morgan fingerprint density at radius 2 is 2.00 bits per heavy atom. The lowest BCUT2D eigenvalue weighted by Crippen LogP contribution is -2.68. The van der Waals surface area contributed by atoms with E-state index in [1.807, 2.05) is 37.4 Å². The minimum atomic E-state index is -0.188. The molecule has 3 fully saturated rings. The Morgan fingerprint density at radius 3 is 2.53 bits per heavy atom. The van der Waals surface area contributed by atoms with Crippen molar-refractivity contribution in [3.8, 4) is 0 Å². The van der Waals surface area contributed by atoms with Crippen molar-refractivity contribution in [1.29, 1.82) is 0 Å². The number of amides is 1. The van der Waals surface area contributed by atoms with Crippen LogP contribution in [0.2, 0.25) is 0 Å². The van der Waals surface area contributed by atoms with E-state index in [9.17, 15) is 4.79 Å². The molecular weight excluding hydrogens is 214 g/mol. The van der Waals surface area contributed by atoms with Gasteiger partial charge in [-0.15, -0.1) is 0 Å². The Hall–Kier alpha value is -1.51. The van der Waals surface area contributed by atoms with Crippen molar-refractivity contribution in [1.82, 2.24) is 4.90 Å². The highest BCUT2D eigenvalue weighted by Gasteiger charge is 2.60. The van der Waals surface area contributed by atoms with E-state index in [2.05, 4.69) is 0 Å². The normalized spacial score (nSPS) is 28.9. The van der Waals surface area contributed by atoms with Crippen molar-refractivity contribution in [2.24, 2.45) is 5.92 Å². The van der Waals surface area contributed by atoms with E-state index >= 15 is 0 Å². The zero-order valence-electron chi connectivity index (χ0n) is 10.1. The zero-order valence-corrected chi connectivity index (χ0v) is 10.1. The number of ether oxygens (including phenoxy) is 1. The average Bonchev–Trinajstić information content (AvgIpc) is 2.23. The molecule has 0 heterocycles. The Morgan fingerprint density at radius 1 is 1.35 bits per heavy atom. The van der Waals surface area contributed by atoms with Crippen molar-refractivity contribution in [3.05, 3.63) is 35.9 Å². The number of hydrogen-bond donors (Lipinski definition) is 0. The van der Waals surface area contributed by atoms with Crippen LogP contribution in [0.4, 0.5) is 4.79 Å². The zero-order chi connectivity index (χ0) is 11.9. The second-order valence-electron chi connectivity index (χ2n) is 5.30. The van der Waals surface area contributed by atoms with Crippen LogP contribution in [0.3, 0.4) is 0 Å². The van der Waals surface area contributed by atoms with Crippen molar-refractivity contribution < 1.29 is 9.53 Å². The summed E-state index contributed by atoms with van der Waals surface area (Å²) in [4.78, 5) is 13.7. The van der Waals surface area contributed by atoms with Crippen LogP contribution in [-0.4, -0.2) is 23.6 Å². The fourth-order valence-corrected chi connectivity index (χ4v) is 2.85. The standard InChI is InChI=1S/C14H17NO2/c1-15(14-7-12(8-14)9-14)13(16)17-10-11-5-3-2-4-6-11/h2-6,12H,7-10H2,1H3. The predicted octanol–water partition coefficient (Wildman–Crippen LogP) is 2.81. The van der Waals surface area contributed by atoms with E-state index < -0.39 is 0 Å². The fourth-order valence-electron chi connectivity index (χ4n) is 2.85. The molecule has 0 aromatic heterocycles. The molecule has 90 valence electrons. The van der Waals surface area contributed by atoms with Crippen molar-refractivity contribution in [2.75, 3.05) is 7.05 Å². The maximum absolute atomic E-state index is 11.9. The van der Waals surface area contributed by atoms with Crippen LogP contribution in [0, 0.1) is 5.92 Å². The summed E-state index contributed by atoms with van der Waals surface area (Å²) in [6.07, 6.45) is 3.32. The van der Waals surface area contributed by atoms with Gasteiger partial charge in [0.1, 0.15) is 6.61 Å². The summed E-state index contributed by atoms with van der Waals surface area (Å²) >= 11 is 0. The number of benzene rings is 1. The molecule has 0 spiro atoms. The summed E-state index contributed by atoms with van der Waals surface area (Å²) in [7, 11) is 1.86. The van der Waals surface area contributed by atoms with Crippen molar-refractivity contribution >= 4 is 6.09 Å². The number of hydrogen-bond acceptors (Lipinski definition) is 2. The molecule has 1 amide bonds. The molecule has 4 rings (SSSR count). The maximum atomic E-state index is 11.9. The second-order valence-corrected chi connectivity index (χ2v) is 5.30.